The first kappa shape index (κ1) is 20.1. The molecule has 0 saturated carbocycles. The standard InChI is InChI=1S/C20H25ClN2O3S/c1-23-18-9-5-4-8-16(18)20(22-12-6-3-7-13-26-2)17-11-10-15(21)14-19(17)27(23,24)25/h4-5,8-11,14,20,22H,3,6-7,12-13H2,1-2H3. The third kappa shape index (κ3) is 4.14. The van der Waals surface area contributed by atoms with Crippen LogP contribution in [-0.2, 0) is 14.8 Å². The zero-order chi connectivity index (χ0) is 19.4. The molecule has 2 aromatic carbocycles. The Morgan fingerprint density at radius 1 is 1.11 bits per heavy atom. The Kier molecular flexibility index (Phi) is 6.42. The molecule has 1 aliphatic rings. The molecular formula is C20H25ClN2O3S. The highest BCUT2D eigenvalue weighted by atomic mass is 35.5. The summed E-state index contributed by atoms with van der Waals surface area (Å²) >= 11 is 6.12. The van der Waals surface area contributed by atoms with Crippen LogP contribution in [0.25, 0.3) is 0 Å². The third-order valence-electron chi connectivity index (χ3n) is 4.89. The van der Waals surface area contributed by atoms with Gasteiger partial charge in [-0.3, -0.25) is 4.31 Å². The van der Waals surface area contributed by atoms with Crippen LogP contribution in [0.15, 0.2) is 47.4 Å². The van der Waals surface area contributed by atoms with Crippen LogP contribution in [0.1, 0.15) is 36.4 Å². The number of nitrogens with zero attached hydrogens (tertiary/aromatic N) is 1. The quantitative estimate of drug-likeness (QED) is 0.704. The van der Waals surface area contributed by atoms with Crippen LogP contribution in [0.3, 0.4) is 0 Å². The van der Waals surface area contributed by atoms with Gasteiger partial charge in [-0.25, -0.2) is 8.42 Å². The van der Waals surface area contributed by atoms with Gasteiger partial charge in [0.15, 0.2) is 0 Å². The number of rotatable bonds is 7. The fraction of sp³-hybridized carbons (Fsp3) is 0.400. The van der Waals surface area contributed by atoms with E-state index in [1.807, 2.05) is 30.3 Å². The first-order valence-electron chi connectivity index (χ1n) is 9.06. The number of benzene rings is 2. The van der Waals surface area contributed by atoms with Gasteiger partial charge in [-0.15, -0.1) is 0 Å². The van der Waals surface area contributed by atoms with Crippen LogP contribution in [0.4, 0.5) is 5.69 Å². The summed E-state index contributed by atoms with van der Waals surface area (Å²) in [5, 5.41) is 3.97. The minimum absolute atomic E-state index is 0.212. The highest BCUT2D eigenvalue weighted by molar-refractivity contribution is 7.92. The van der Waals surface area contributed by atoms with Crippen molar-refractivity contribution >= 4 is 27.3 Å². The molecule has 0 spiro atoms. The highest BCUT2D eigenvalue weighted by Crippen LogP contribution is 2.40. The van der Waals surface area contributed by atoms with Crippen molar-refractivity contribution in [2.24, 2.45) is 0 Å². The molecule has 0 bridgehead atoms. The van der Waals surface area contributed by atoms with Crippen LogP contribution in [0.5, 0.6) is 0 Å². The summed E-state index contributed by atoms with van der Waals surface area (Å²) < 4.78 is 32.8. The molecule has 0 saturated heterocycles. The zero-order valence-electron chi connectivity index (χ0n) is 15.6. The Labute approximate surface area is 166 Å². The summed E-state index contributed by atoms with van der Waals surface area (Å²) in [7, 11) is -0.379. The number of unbranched alkanes of at least 4 members (excludes halogenated alkanes) is 2. The molecule has 1 N–H and O–H groups in total. The van der Waals surface area contributed by atoms with Gasteiger partial charge < -0.3 is 10.1 Å². The van der Waals surface area contributed by atoms with E-state index in [1.54, 1.807) is 26.3 Å². The van der Waals surface area contributed by atoms with E-state index in [0.717, 1.165) is 43.5 Å². The molecular weight excluding hydrogens is 384 g/mol. The summed E-state index contributed by atoms with van der Waals surface area (Å²) in [5.41, 5.74) is 2.36. The Bertz CT molecular complexity index is 902. The van der Waals surface area contributed by atoms with E-state index in [-0.39, 0.29) is 10.9 Å². The van der Waals surface area contributed by atoms with Crippen LogP contribution in [0, 0.1) is 0 Å². The molecule has 0 radical (unpaired) electrons. The molecule has 1 atom stereocenters. The topological polar surface area (TPSA) is 58.6 Å². The largest absolute Gasteiger partial charge is 0.385 e. The maximum Gasteiger partial charge on any atom is 0.264 e. The monoisotopic (exact) mass is 408 g/mol. The van der Waals surface area contributed by atoms with Gasteiger partial charge in [0.2, 0.25) is 0 Å². The van der Waals surface area contributed by atoms with Gasteiger partial charge in [0, 0.05) is 25.8 Å². The number of halogens is 1. The predicted octanol–water partition coefficient (Wildman–Crippen LogP) is 3.97. The van der Waals surface area contributed by atoms with Gasteiger partial charge in [-0.1, -0.05) is 35.9 Å². The van der Waals surface area contributed by atoms with Gasteiger partial charge in [0.05, 0.1) is 16.6 Å². The average molecular weight is 409 g/mol. The van der Waals surface area contributed by atoms with Crippen LogP contribution in [-0.4, -0.2) is 35.7 Å². The Balaban J connectivity index is 1.98. The number of nitrogens with one attached hydrogen (secondary N) is 1. The van der Waals surface area contributed by atoms with Crippen LogP contribution >= 0.6 is 11.6 Å². The zero-order valence-corrected chi connectivity index (χ0v) is 17.2. The predicted molar refractivity (Wildman–Crippen MR) is 109 cm³/mol. The lowest BCUT2D eigenvalue weighted by Gasteiger charge is -2.22. The lowest BCUT2D eigenvalue weighted by Crippen LogP contribution is -2.26. The van der Waals surface area contributed by atoms with E-state index >= 15 is 0 Å². The van der Waals surface area contributed by atoms with Crippen molar-refractivity contribution in [1.29, 1.82) is 0 Å². The number of hydrogen-bond donors (Lipinski definition) is 1. The molecule has 0 aliphatic carbocycles. The van der Waals surface area contributed by atoms with Gasteiger partial charge in [0.25, 0.3) is 10.0 Å². The summed E-state index contributed by atoms with van der Waals surface area (Å²) in [6, 6.07) is 12.5. The number of hydrogen-bond acceptors (Lipinski definition) is 4. The van der Waals surface area contributed by atoms with Gasteiger partial charge in [-0.05, 0) is 55.1 Å². The van der Waals surface area contributed by atoms with E-state index in [4.69, 9.17) is 16.3 Å². The minimum atomic E-state index is -3.68. The molecule has 7 heteroatoms. The molecule has 1 heterocycles. The van der Waals surface area contributed by atoms with Gasteiger partial charge >= 0.3 is 0 Å². The molecule has 0 amide bonds. The lowest BCUT2D eigenvalue weighted by atomic mass is 9.96. The summed E-state index contributed by atoms with van der Waals surface area (Å²) in [5.74, 6) is 0. The van der Waals surface area contributed by atoms with E-state index < -0.39 is 10.0 Å². The summed E-state index contributed by atoms with van der Waals surface area (Å²) in [6.45, 7) is 1.55. The first-order chi connectivity index (χ1) is 13.0. The smallest absolute Gasteiger partial charge is 0.264 e. The van der Waals surface area contributed by atoms with Crippen molar-refractivity contribution in [2.75, 3.05) is 31.6 Å². The number of sulfonamides is 1. The second-order valence-corrected chi connectivity index (χ2v) is 9.03. The van der Waals surface area contributed by atoms with E-state index in [9.17, 15) is 8.42 Å². The molecule has 2 aromatic rings. The van der Waals surface area contributed by atoms with Crippen molar-refractivity contribution in [3.8, 4) is 0 Å². The van der Waals surface area contributed by atoms with Crippen molar-refractivity contribution in [2.45, 2.75) is 30.2 Å². The maximum atomic E-state index is 13.2. The van der Waals surface area contributed by atoms with Gasteiger partial charge in [0.1, 0.15) is 0 Å². The van der Waals surface area contributed by atoms with Crippen molar-refractivity contribution in [3.05, 3.63) is 58.6 Å². The second-order valence-electron chi connectivity index (χ2n) is 6.65. The number of methoxy groups -OCH3 is 1. The number of ether oxygens (including phenoxy) is 1. The molecule has 5 nitrogen and oxygen atoms in total. The second kappa shape index (κ2) is 8.61. The Hall–Kier alpha value is -1.60. The molecule has 0 fully saturated rings. The van der Waals surface area contributed by atoms with Gasteiger partial charge in [-0.2, -0.15) is 0 Å². The minimum Gasteiger partial charge on any atom is -0.385 e. The van der Waals surface area contributed by atoms with E-state index in [2.05, 4.69) is 5.32 Å². The Morgan fingerprint density at radius 3 is 2.67 bits per heavy atom. The SMILES string of the molecule is COCCCCCNC1c2ccccc2N(C)S(=O)(=O)c2cc(Cl)ccc21. The Morgan fingerprint density at radius 2 is 1.89 bits per heavy atom. The molecule has 3 rings (SSSR count). The maximum absolute atomic E-state index is 13.2. The van der Waals surface area contributed by atoms with E-state index in [1.165, 1.54) is 4.31 Å². The third-order valence-corrected chi connectivity index (χ3v) is 6.95. The molecule has 0 aromatic heterocycles. The van der Waals surface area contributed by atoms with Crippen molar-refractivity contribution < 1.29 is 13.2 Å². The number of fused-ring (bicyclic) bond motifs is 2. The van der Waals surface area contributed by atoms with Crippen molar-refractivity contribution in [1.82, 2.24) is 5.32 Å². The van der Waals surface area contributed by atoms with Crippen LogP contribution in [0.2, 0.25) is 5.02 Å². The molecule has 1 aliphatic heterocycles. The lowest BCUT2D eigenvalue weighted by molar-refractivity contribution is 0.192. The van der Waals surface area contributed by atoms with Crippen LogP contribution < -0.4 is 9.62 Å². The number of anilines is 1. The first-order valence-corrected chi connectivity index (χ1v) is 10.9. The average Bonchev–Trinajstić information content (AvgIpc) is 2.73. The van der Waals surface area contributed by atoms with Crippen molar-refractivity contribution in [3.63, 3.8) is 0 Å². The van der Waals surface area contributed by atoms with E-state index in [0.29, 0.717) is 10.7 Å². The molecule has 146 valence electrons. The normalized spacial score (nSPS) is 17.9. The highest BCUT2D eigenvalue weighted by Gasteiger charge is 2.34. The molecule has 1 unspecified atom stereocenters. The summed E-state index contributed by atoms with van der Waals surface area (Å²) in [6.07, 6.45) is 3.07. The summed E-state index contributed by atoms with van der Waals surface area (Å²) in [4.78, 5) is 0.255. The fourth-order valence-corrected chi connectivity index (χ4v) is 5.16. The molecule has 27 heavy (non-hydrogen) atoms. The number of para-hydroxylation sites is 1. The fourth-order valence-electron chi connectivity index (χ4n) is 3.45.